The van der Waals surface area contributed by atoms with Gasteiger partial charge in [-0.05, 0) is 50.1 Å². The minimum absolute atomic E-state index is 0.197. The van der Waals surface area contributed by atoms with Crippen LogP contribution in [0.4, 0.5) is 0 Å². The number of halogens is 3. The second-order valence-corrected chi connectivity index (χ2v) is 7.20. The van der Waals surface area contributed by atoms with Gasteiger partial charge in [0, 0.05) is 15.5 Å². The van der Waals surface area contributed by atoms with E-state index >= 15 is 0 Å². The Hall–Kier alpha value is -0.430. The van der Waals surface area contributed by atoms with Crippen molar-refractivity contribution in [3.8, 4) is 0 Å². The van der Waals surface area contributed by atoms with Gasteiger partial charge in [-0.15, -0.1) is 11.3 Å². The van der Waals surface area contributed by atoms with E-state index in [9.17, 15) is 4.79 Å². The summed E-state index contributed by atoms with van der Waals surface area (Å²) in [6, 6.07) is 5.55. The third kappa shape index (κ3) is 3.54. The summed E-state index contributed by atoms with van der Waals surface area (Å²) >= 11 is 14.1. The largest absolute Gasteiger partial charge is 0.347 e. The van der Waals surface area contributed by atoms with Gasteiger partial charge in [0.1, 0.15) is 5.15 Å². The van der Waals surface area contributed by atoms with Crippen LogP contribution in [0.1, 0.15) is 15.2 Å². The monoisotopic (exact) mass is 408 g/mol. The van der Waals surface area contributed by atoms with Crippen LogP contribution in [0.2, 0.25) is 5.15 Å². The Balaban J connectivity index is 2.05. The minimum atomic E-state index is -0.238. The molecule has 2 aromatic rings. The first-order valence-corrected chi connectivity index (χ1v) is 7.68. The van der Waals surface area contributed by atoms with Gasteiger partial charge in [0.25, 0.3) is 5.91 Å². The Morgan fingerprint density at radius 2 is 2.22 bits per heavy atom. The molecule has 2 heterocycles. The fourth-order valence-corrected chi connectivity index (χ4v) is 3.23. The van der Waals surface area contributed by atoms with Crippen molar-refractivity contribution in [2.75, 3.05) is 0 Å². The Kier molecular flexibility index (Phi) is 4.77. The third-order valence-electron chi connectivity index (χ3n) is 2.10. The number of hydrogen-bond donors (Lipinski definition) is 1. The molecule has 0 aliphatic carbocycles. The van der Waals surface area contributed by atoms with Gasteiger partial charge in [-0.2, -0.15) is 0 Å². The maximum atomic E-state index is 11.9. The Labute approximate surface area is 130 Å². The van der Waals surface area contributed by atoms with Crippen molar-refractivity contribution in [2.45, 2.75) is 6.54 Å². The Morgan fingerprint density at radius 1 is 1.44 bits per heavy atom. The second kappa shape index (κ2) is 6.14. The number of thiophene rings is 1. The fraction of sp³-hybridized carbons (Fsp3) is 0.0909. The van der Waals surface area contributed by atoms with E-state index in [1.54, 1.807) is 23.6 Å². The Morgan fingerprint density at radius 3 is 2.89 bits per heavy atom. The van der Waals surface area contributed by atoms with E-state index in [1.807, 2.05) is 12.1 Å². The number of nitrogens with zero attached hydrogens (tertiary/aromatic N) is 1. The van der Waals surface area contributed by atoms with Gasteiger partial charge in [-0.25, -0.2) is 4.98 Å². The van der Waals surface area contributed by atoms with Gasteiger partial charge in [0.15, 0.2) is 0 Å². The van der Waals surface area contributed by atoms with Crippen LogP contribution in [0.15, 0.2) is 32.7 Å². The lowest BCUT2D eigenvalue weighted by Crippen LogP contribution is -2.22. The van der Waals surface area contributed by atoms with E-state index < -0.39 is 0 Å². The lowest BCUT2D eigenvalue weighted by atomic mass is 10.2. The molecule has 2 rings (SSSR count). The molecule has 0 unspecified atom stereocenters. The van der Waals surface area contributed by atoms with E-state index in [2.05, 4.69) is 42.2 Å². The van der Waals surface area contributed by atoms with Crippen molar-refractivity contribution < 1.29 is 4.79 Å². The quantitative estimate of drug-likeness (QED) is 0.769. The molecule has 3 nitrogen and oxygen atoms in total. The van der Waals surface area contributed by atoms with Crippen LogP contribution in [0, 0.1) is 0 Å². The zero-order valence-electron chi connectivity index (χ0n) is 8.91. The van der Waals surface area contributed by atoms with Gasteiger partial charge in [-0.1, -0.05) is 11.6 Å². The van der Waals surface area contributed by atoms with Crippen molar-refractivity contribution in [2.24, 2.45) is 0 Å². The first-order valence-electron chi connectivity index (χ1n) is 4.89. The van der Waals surface area contributed by atoms with Crippen LogP contribution >= 0.6 is 54.8 Å². The van der Waals surface area contributed by atoms with Gasteiger partial charge in [0.2, 0.25) is 0 Å². The van der Waals surface area contributed by atoms with Crippen molar-refractivity contribution in [1.82, 2.24) is 10.3 Å². The van der Waals surface area contributed by atoms with Gasteiger partial charge >= 0.3 is 0 Å². The van der Waals surface area contributed by atoms with Gasteiger partial charge in [0.05, 0.1) is 15.9 Å². The molecule has 0 atom stereocenters. The number of carbonyl (C=O) groups excluding carboxylic acids is 1. The summed E-state index contributed by atoms with van der Waals surface area (Å²) in [4.78, 5) is 16.9. The predicted molar refractivity (Wildman–Crippen MR) is 80.1 cm³/mol. The van der Waals surface area contributed by atoms with Crippen molar-refractivity contribution in [3.05, 3.63) is 48.2 Å². The second-order valence-electron chi connectivity index (χ2n) is 3.38. The molecule has 0 saturated heterocycles. The highest BCUT2D eigenvalue weighted by Crippen LogP contribution is 2.22. The lowest BCUT2D eigenvalue weighted by Gasteiger charge is -2.05. The third-order valence-corrected chi connectivity index (χ3v) is 4.46. The number of aromatic nitrogens is 1. The standard InChI is InChI=1S/C11H7Br2ClN2OS/c12-6-3-8(10(14)15-4-6)11(17)16-5-7-1-2-9(13)18-7/h1-4H,5H2,(H,16,17). The van der Waals surface area contributed by atoms with E-state index in [0.29, 0.717) is 12.1 Å². The maximum absolute atomic E-state index is 11.9. The highest BCUT2D eigenvalue weighted by molar-refractivity contribution is 9.11. The summed E-state index contributed by atoms with van der Waals surface area (Å²) in [6.45, 7) is 0.470. The molecule has 94 valence electrons. The first kappa shape index (κ1) is 14.0. The van der Waals surface area contributed by atoms with E-state index in [1.165, 1.54) is 0 Å². The molecule has 0 bridgehead atoms. The van der Waals surface area contributed by atoms with Crippen LogP contribution in [-0.4, -0.2) is 10.9 Å². The van der Waals surface area contributed by atoms with Crippen LogP contribution in [0.3, 0.4) is 0 Å². The molecule has 0 radical (unpaired) electrons. The molecule has 18 heavy (non-hydrogen) atoms. The van der Waals surface area contributed by atoms with Crippen LogP contribution < -0.4 is 5.32 Å². The summed E-state index contributed by atoms with van der Waals surface area (Å²) in [5.74, 6) is -0.238. The van der Waals surface area contributed by atoms with E-state index in [-0.39, 0.29) is 11.1 Å². The SMILES string of the molecule is O=C(NCc1ccc(Br)s1)c1cc(Br)cnc1Cl. The maximum Gasteiger partial charge on any atom is 0.254 e. The summed E-state index contributed by atoms with van der Waals surface area (Å²) in [5, 5.41) is 3.00. The average Bonchev–Trinajstić information content (AvgIpc) is 2.75. The molecule has 0 fully saturated rings. The van der Waals surface area contributed by atoms with E-state index in [4.69, 9.17) is 11.6 Å². The number of carbonyl (C=O) groups is 1. The predicted octanol–water partition coefficient (Wildman–Crippen LogP) is 4.25. The molecular weight excluding hydrogens is 403 g/mol. The number of rotatable bonds is 3. The zero-order valence-corrected chi connectivity index (χ0v) is 13.7. The number of amides is 1. The summed E-state index contributed by atoms with van der Waals surface area (Å²) < 4.78 is 1.75. The van der Waals surface area contributed by atoms with E-state index in [0.717, 1.165) is 13.1 Å². The molecule has 0 aliphatic heterocycles. The van der Waals surface area contributed by atoms with Gasteiger partial charge in [-0.3, -0.25) is 4.79 Å². The van der Waals surface area contributed by atoms with Crippen LogP contribution in [0.25, 0.3) is 0 Å². The summed E-state index contributed by atoms with van der Waals surface area (Å²) in [6.07, 6.45) is 1.55. The number of hydrogen-bond acceptors (Lipinski definition) is 3. The lowest BCUT2D eigenvalue weighted by molar-refractivity contribution is 0.0951. The van der Waals surface area contributed by atoms with Gasteiger partial charge < -0.3 is 5.32 Å². The highest BCUT2D eigenvalue weighted by Gasteiger charge is 2.12. The first-order chi connectivity index (χ1) is 8.56. The molecule has 7 heteroatoms. The summed E-state index contributed by atoms with van der Waals surface area (Å²) in [5.41, 5.74) is 0.363. The van der Waals surface area contributed by atoms with Crippen LogP contribution in [0.5, 0.6) is 0 Å². The molecule has 1 N–H and O–H groups in total. The highest BCUT2D eigenvalue weighted by atomic mass is 79.9. The van der Waals surface area contributed by atoms with Crippen LogP contribution in [-0.2, 0) is 6.54 Å². The summed E-state index contributed by atoms with van der Waals surface area (Å²) in [7, 11) is 0. The molecule has 1 amide bonds. The fourth-order valence-electron chi connectivity index (χ4n) is 1.29. The van der Waals surface area contributed by atoms with Crippen molar-refractivity contribution in [3.63, 3.8) is 0 Å². The molecule has 0 aromatic carbocycles. The molecule has 0 spiro atoms. The molecule has 2 aromatic heterocycles. The Bertz CT molecular complexity index is 588. The number of pyridine rings is 1. The van der Waals surface area contributed by atoms with Crippen molar-refractivity contribution >= 4 is 60.7 Å². The smallest absolute Gasteiger partial charge is 0.254 e. The topological polar surface area (TPSA) is 42.0 Å². The molecule has 0 saturated carbocycles. The molecular formula is C11H7Br2ClN2OS. The van der Waals surface area contributed by atoms with Crippen molar-refractivity contribution in [1.29, 1.82) is 0 Å². The normalized spacial score (nSPS) is 10.4. The number of nitrogens with one attached hydrogen (secondary N) is 1. The molecule has 0 aliphatic rings. The minimum Gasteiger partial charge on any atom is -0.347 e. The zero-order chi connectivity index (χ0) is 13.1. The average molecular weight is 411 g/mol.